The van der Waals surface area contributed by atoms with Gasteiger partial charge in [-0.1, -0.05) is 54.6 Å². The van der Waals surface area contributed by atoms with E-state index in [9.17, 15) is 0 Å². The standard InChI is InChI=1S/C24H15NO2/c1-3-12-20-15(7-1)16-9-5-11-19(24(16)27-20)25-18-10-6-14-22-23(18)17-8-2-4-13-21(17)26-22/h1-14,25H. The van der Waals surface area contributed by atoms with Crippen molar-refractivity contribution in [3.05, 3.63) is 84.9 Å². The maximum Gasteiger partial charge on any atom is 0.158 e. The zero-order valence-electron chi connectivity index (χ0n) is 14.4. The second-order valence-corrected chi connectivity index (χ2v) is 6.68. The molecule has 0 aliphatic rings. The Morgan fingerprint density at radius 2 is 1.11 bits per heavy atom. The lowest BCUT2D eigenvalue weighted by Crippen LogP contribution is -1.91. The molecular formula is C24H15NO2. The summed E-state index contributed by atoms with van der Waals surface area (Å²) in [7, 11) is 0. The van der Waals surface area contributed by atoms with E-state index in [-0.39, 0.29) is 0 Å². The highest BCUT2D eigenvalue weighted by atomic mass is 16.3. The summed E-state index contributed by atoms with van der Waals surface area (Å²) in [6, 6.07) is 28.5. The number of nitrogens with one attached hydrogen (secondary N) is 1. The van der Waals surface area contributed by atoms with Crippen LogP contribution in [0, 0.1) is 0 Å². The number of furan rings is 2. The lowest BCUT2D eigenvalue weighted by atomic mass is 10.1. The van der Waals surface area contributed by atoms with Crippen molar-refractivity contribution in [2.45, 2.75) is 0 Å². The Bertz CT molecular complexity index is 1460. The molecule has 0 unspecified atom stereocenters. The van der Waals surface area contributed by atoms with Crippen LogP contribution in [-0.4, -0.2) is 0 Å². The van der Waals surface area contributed by atoms with Gasteiger partial charge in [-0.2, -0.15) is 0 Å². The highest BCUT2D eigenvalue weighted by Crippen LogP contribution is 2.38. The quantitative estimate of drug-likeness (QED) is 0.358. The first-order valence-corrected chi connectivity index (χ1v) is 8.96. The lowest BCUT2D eigenvalue weighted by Gasteiger charge is -2.08. The van der Waals surface area contributed by atoms with Crippen LogP contribution in [0.4, 0.5) is 11.4 Å². The zero-order chi connectivity index (χ0) is 17.8. The maximum atomic E-state index is 6.15. The first-order valence-electron chi connectivity index (χ1n) is 8.96. The number of para-hydroxylation sites is 3. The van der Waals surface area contributed by atoms with Gasteiger partial charge in [0.2, 0.25) is 0 Å². The highest BCUT2D eigenvalue weighted by Gasteiger charge is 2.14. The van der Waals surface area contributed by atoms with Crippen LogP contribution >= 0.6 is 0 Å². The number of hydrogen-bond donors (Lipinski definition) is 1. The van der Waals surface area contributed by atoms with Gasteiger partial charge in [-0.3, -0.25) is 0 Å². The van der Waals surface area contributed by atoms with Gasteiger partial charge in [-0.25, -0.2) is 0 Å². The Kier molecular flexibility index (Phi) is 2.88. The molecule has 3 heteroatoms. The summed E-state index contributed by atoms with van der Waals surface area (Å²) in [5, 5.41) is 8.00. The molecule has 0 bridgehead atoms. The van der Waals surface area contributed by atoms with Crippen molar-refractivity contribution in [1.29, 1.82) is 0 Å². The summed E-state index contributed by atoms with van der Waals surface area (Å²) in [6.07, 6.45) is 0. The fourth-order valence-corrected chi connectivity index (χ4v) is 3.87. The molecule has 0 spiro atoms. The molecule has 2 aromatic heterocycles. The van der Waals surface area contributed by atoms with Gasteiger partial charge >= 0.3 is 0 Å². The van der Waals surface area contributed by atoms with Crippen LogP contribution in [0.1, 0.15) is 0 Å². The minimum atomic E-state index is 0.864. The Hall–Kier alpha value is -3.72. The molecule has 128 valence electrons. The molecule has 0 aliphatic carbocycles. The topological polar surface area (TPSA) is 38.3 Å². The molecule has 1 N–H and O–H groups in total. The van der Waals surface area contributed by atoms with Gasteiger partial charge in [-0.15, -0.1) is 0 Å². The van der Waals surface area contributed by atoms with E-state index in [0.717, 1.165) is 55.3 Å². The molecule has 0 saturated carbocycles. The average molecular weight is 349 g/mol. The Balaban J connectivity index is 1.60. The van der Waals surface area contributed by atoms with E-state index in [1.165, 1.54) is 0 Å². The Labute approximate surface area is 154 Å². The van der Waals surface area contributed by atoms with E-state index < -0.39 is 0 Å². The van der Waals surface area contributed by atoms with E-state index in [4.69, 9.17) is 8.83 Å². The van der Waals surface area contributed by atoms with Crippen LogP contribution in [-0.2, 0) is 0 Å². The third-order valence-electron chi connectivity index (χ3n) is 5.08. The third-order valence-corrected chi connectivity index (χ3v) is 5.08. The van der Waals surface area contributed by atoms with Crippen molar-refractivity contribution in [2.75, 3.05) is 5.32 Å². The van der Waals surface area contributed by atoms with Crippen LogP contribution in [0.15, 0.2) is 93.8 Å². The van der Waals surface area contributed by atoms with E-state index in [1.807, 2.05) is 54.6 Å². The first-order chi connectivity index (χ1) is 13.4. The van der Waals surface area contributed by atoms with Crippen molar-refractivity contribution in [3.8, 4) is 0 Å². The smallest absolute Gasteiger partial charge is 0.158 e. The first kappa shape index (κ1) is 14.4. The minimum Gasteiger partial charge on any atom is -0.456 e. The molecule has 0 radical (unpaired) electrons. The molecule has 6 rings (SSSR count). The van der Waals surface area contributed by atoms with E-state index in [0.29, 0.717) is 0 Å². The monoisotopic (exact) mass is 349 g/mol. The molecule has 27 heavy (non-hydrogen) atoms. The molecule has 0 atom stereocenters. The molecule has 3 nitrogen and oxygen atoms in total. The SMILES string of the molecule is c1ccc2c(c1)oc1c(Nc3cccc4oc5ccccc5c34)cccc12. The Morgan fingerprint density at radius 3 is 2.00 bits per heavy atom. The van der Waals surface area contributed by atoms with Gasteiger partial charge in [0.15, 0.2) is 5.58 Å². The molecule has 0 aliphatic heterocycles. The number of anilines is 2. The van der Waals surface area contributed by atoms with Gasteiger partial charge < -0.3 is 14.2 Å². The number of rotatable bonds is 2. The van der Waals surface area contributed by atoms with Crippen molar-refractivity contribution < 1.29 is 8.83 Å². The van der Waals surface area contributed by atoms with E-state index >= 15 is 0 Å². The summed E-state index contributed by atoms with van der Waals surface area (Å²) in [6.45, 7) is 0. The fourth-order valence-electron chi connectivity index (χ4n) is 3.87. The third kappa shape index (κ3) is 2.09. The van der Waals surface area contributed by atoms with Gasteiger partial charge in [0.25, 0.3) is 0 Å². The van der Waals surface area contributed by atoms with Crippen LogP contribution in [0.3, 0.4) is 0 Å². The number of benzene rings is 4. The van der Waals surface area contributed by atoms with Crippen molar-refractivity contribution in [3.63, 3.8) is 0 Å². The van der Waals surface area contributed by atoms with Gasteiger partial charge in [-0.05, 0) is 30.3 Å². The zero-order valence-corrected chi connectivity index (χ0v) is 14.4. The summed E-state index contributed by atoms with van der Waals surface area (Å²) in [5.41, 5.74) is 5.48. The Morgan fingerprint density at radius 1 is 0.481 bits per heavy atom. The molecule has 0 fully saturated rings. The summed E-state index contributed by atoms with van der Waals surface area (Å²) in [4.78, 5) is 0. The summed E-state index contributed by atoms with van der Waals surface area (Å²) in [5.74, 6) is 0. The predicted molar refractivity (Wildman–Crippen MR) is 111 cm³/mol. The highest BCUT2D eigenvalue weighted by molar-refractivity contribution is 6.14. The van der Waals surface area contributed by atoms with Crippen LogP contribution < -0.4 is 5.32 Å². The second kappa shape index (κ2) is 5.39. The van der Waals surface area contributed by atoms with Crippen molar-refractivity contribution in [1.82, 2.24) is 0 Å². The van der Waals surface area contributed by atoms with E-state index in [2.05, 4.69) is 35.6 Å². The predicted octanol–water partition coefficient (Wildman–Crippen LogP) is 7.23. The van der Waals surface area contributed by atoms with Gasteiger partial charge in [0.05, 0.1) is 16.8 Å². The fraction of sp³-hybridized carbons (Fsp3) is 0. The van der Waals surface area contributed by atoms with Crippen LogP contribution in [0.5, 0.6) is 0 Å². The normalized spacial score (nSPS) is 11.7. The maximum absolute atomic E-state index is 6.15. The van der Waals surface area contributed by atoms with Crippen LogP contribution in [0.2, 0.25) is 0 Å². The lowest BCUT2D eigenvalue weighted by molar-refractivity contribution is 0.668. The number of hydrogen-bond acceptors (Lipinski definition) is 3. The minimum absolute atomic E-state index is 0.864. The summed E-state index contributed by atoms with van der Waals surface area (Å²) < 4.78 is 12.2. The number of fused-ring (bicyclic) bond motifs is 6. The van der Waals surface area contributed by atoms with Crippen molar-refractivity contribution >= 4 is 55.3 Å². The average Bonchev–Trinajstić information content (AvgIpc) is 3.27. The molecule has 2 heterocycles. The summed E-state index contributed by atoms with van der Waals surface area (Å²) >= 11 is 0. The molecule has 0 amide bonds. The molecule has 4 aromatic carbocycles. The second-order valence-electron chi connectivity index (χ2n) is 6.68. The molecule has 0 saturated heterocycles. The van der Waals surface area contributed by atoms with E-state index in [1.54, 1.807) is 0 Å². The van der Waals surface area contributed by atoms with Gasteiger partial charge in [0.1, 0.15) is 16.7 Å². The molecular weight excluding hydrogens is 334 g/mol. The van der Waals surface area contributed by atoms with Crippen LogP contribution in [0.25, 0.3) is 43.9 Å². The largest absolute Gasteiger partial charge is 0.456 e. The van der Waals surface area contributed by atoms with Gasteiger partial charge in [0, 0.05) is 16.2 Å². The molecule has 6 aromatic rings. The van der Waals surface area contributed by atoms with Crippen molar-refractivity contribution in [2.24, 2.45) is 0 Å².